The van der Waals surface area contributed by atoms with Gasteiger partial charge in [0.05, 0.1) is 30.9 Å². The van der Waals surface area contributed by atoms with Gasteiger partial charge in [0, 0.05) is 7.11 Å². The summed E-state index contributed by atoms with van der Waals surface area (Å²) in [5.41, 5.74) is 0.609. The molecule has 6 heteroatoms. The van der Waals surface area contributed by atoms with Crippen molar-refractivity contribution in [2.75, 3.05) is 20.3 Å². The number of benzene rings is 2. The molecule has 3 nitrogen and oxygen atoms in total. The fraction of sp³-hybridized carbons (Fsp3) is 0.333. The summed E-state index contributed by atoms with van der Waals surface area (Å²) in [5.74, 6) is 0. The van der Waals surface area contributed by atoms with Crippen molar-refractivity contribution in [1.29, 1.82) is 0 Å². The lowest BCUT2D eigenvalue weighted by atomic mass is 10.0. The van der Waals surface area contributed by atoms with Gasteiger partial charge in [0.2, 0.25) is 0 Å². The van der Waals surface area contributed by atoms with Crippen molar-refractivity contribution in [1.82, 2.24) is 5.32 Å². The first-order valence-electron chi connectivity index (χ1n) is 7.53. The lowest BCUT2D eigenvalue weighted by Gasteiger charge is -2.25. The van der Waals surface area contributed by atoms with E-state index in [9.17, 15) is 18.3 Å². The van der Waals surface area contributed by atoms with Crippen LogP contribution in [0.4, 0.5) is 13.2 Å². The molecule has 0 fully saturated rings. The van der Waals surface area contributed by atoms with Crippen LogP contribution in [0.15, 0.2) is 54.6 Å². The Morgan fingerprint density at radius 2 is 1.67 bits per heavy atom. The molecule has 2 aromatic carbocycles. The summed E-state index contributed by atoms with van der Waals surface area (Å²) < 4.78 is 43.9. The molecule has 0 radical (unpaired) electrons. The Hall–Kier alpha value is -1.89. The van der Waals surface area contributed by atoms with Crippen molar-refractivity contribution < 1.29 is 23.0 Å². The van der Waals surface area contributed by atoms with E-state index in [0.29, 0.717) is 5.56 Å². The van der Waals surface area contributed by atoms with Crippen LogP contribution in [0.25, 0.3) is 0 Å². The quantitative estimate of drug-likeness (QED) is 0.808. The third kappa shape index (κ3) is 4.80. The topological polar surface area (TPSA) is 41.5 Å². The number of alkyl halides is 3. The zero-order chi connectivity index (χ0) is 17.6. The van der Waals surface area contributed by atoms with Gasteiger partial charge in [0.15, 0.2) is 0 Å². The van der Waals surface area contributed by atoms with Crippen LogP contribution in [-0.4, -0.2) is 25.4 Å². The molecule has 2 aromatic rings. The molecule has 0 aliphatic carbocycles. The van der Waals surface area contributed by atoms with E-state index in [0.717, 1.165) is 17.7 Å². The van der Waals surface area contributed by atoms with Crippen LogP contribution >= 0.6 is 0 Å². The third-order valence-corrected chi connectivity index (χ3v) is 3.74. The molecule has 0 bridgehead atoms. The van der Waals surface area contributed by atoms with Gasteiger partial charge in [-0.3, -0.25) is 5.32 Å². The molecule has 0 saturated heterocycles. The summed E-state index contributed by atoms with van der Waals surface area (Å²) in [6.07, 6.45) is -4.40. The van der Waals surface area contributed by atoms with Crippen molar-refractivity contribution in [3.8, 4) is 0 Å². The van der Waals surface area contributed by atoms with Crippen LogP contribution in [0.5, 0.6) is 0 Å². The number of ether oxygens (including phenoxy) is 1. The van der Waals surface area contributed by atoms with E-state index in [-0.39, 0.29) is 13.2 Å². The molecular formula is C18H20F3NO2. The maximum absolute atomic E-state index is 12.9. The second-order valence-electron chi connectivity index (χ2n) is 5.44. The molecule has 2 atom stereocenters. The standard InChI is InChI=1S/C18H20F3NO2/c1-24-12-17(14-8-5-9-15(10-14)18(19,20)21)22-16(11-23)13-6-3-2-4-7-13/h2-10,16-17,22-23H,11-12H2,1H3. The van der Waals surface area contributed by atoms with E-state index < -0.39 is 23.8 Å². The molecule has 0 aliphatic heterocycles. The van der Waals surface area contributed by atoms with Gasteiger partial charge in [-0.05, 0) is 23.3 Å². The Morgan fingerprint density at radius 1 is 1.00 bits per heavy atom. The smallest absolute Gasteiger partial charge is 0.394 e. The molecule has 2 N–H and O–H groups in total. The van der Waals surface area contributed by atoms with E-state index in [1.165, 1.54) is 13.2 Å². The fourth-order valence-electron chi connectivity index (χ4n) is 2.52. The minimum Gasteiger partial charge on any atom is -0.394 e. The van der Waals surface area contributed by atoms with Gasteiger partial charge in [-0.25, -0.2) is 0 Å². The lowest BCUT2D eigenvalue weighted by Crippen LogP contribution is -2.31. The van der Waals surface area contributed by atoms with Crippen molar-refractivity contribution in [3.05, 3.63) is 71.3 Å². The summed E-state index contributed by atoms with van der Waals surface area (Å²) in [6, 6.07) is 13.5. The van der Waals surface area contributed by atoms with Crippen LogP contribution < -0.4 is 5.32 Å². The van der Waals surface area contributed by atoms with E-state index in [1.54, 1.807) is 6.07 Å². The van der Waals surface area contributed by atoms with E-state index >= 15 is 0 Å². The number of hydrogen-bond acceptors (Lipinski definition) is 3. The number of aliphatic hydroxyl groups excluding tert-OH is 1. The minimum absolute atomic E-state index is 0.177. The average molecular weight is 339 g/mol. The predicted octanol–water partition coefficient (Wildman–Crippen LogP) is 3.72. The molecule has 0 amide bonds. The number of hydrogen-bond donors (Lipinski definition) is 2. The number of methoxy groups -OCH3 is 1. The van der Waals surface area contributed by atoms with Gasteiger partial charge in [0.1, 0.15) is 0 Å². The zero-order valence-corrected chi connectivity index (χ0v) is 13.3. The molecule has 0 saturated carbocycles. The predicted molar refractivity (Wildman–Crippen MR) is 85.5 cm³/mol. The molecule has 130 valence electrons. The second-order valence-corrected chi connectivity index (χ2v) is 5.44. The van der Waals surface area contributed by atoms with Crippen molar-refractivity contribution >= 4 is 0 Å². The Morgan fingerprint density at radius 3 is 2.25 bits per heavy atom. The van der Waals surface area contributed by atoms with Crippen LogP contribution in [0.1, 0.15) is 28.8 Å². The van der Waals surface area contributed by atoms with Crippen molar-refractivity contribution in [2.45, 2.75) is 18.3 Å². The summed E-state index contributed by atoms with van der Waals surface area (Å²) in [4.78, 5) is 0. The molecule has 0 spiro atoms. The molecular weight excluding hydrogens is 319 g/mol. The Balaban J connectivity index is 2.26. The van der Waals surface area contributed by atoms with Crippen LogP contribution in [0.2, 0.25) is 0 Å². The summed E-state index contributed by atoms with van der Waals surface area (Å²) in [5, 5.41) is 12.8. The largest absolute Gasteiger partial charge is 0.416 e. The normalized spacial score (nSPS) is 14.4. The van der Waals surface area contributed by atoms with Gasteiger partial charge in [0.25, 0.3) is 0 Å². The van der Waals surface area contributed by atoms with Gasteiger partial charge < -0.3 is 9.84 Å². The third-order valence-electron chi connectivity index (χ3n) is 3.74. The van der Waals surface area contributed by atoms with Crippen LogP contribution in [0.3, 0.4) is 0 Å². The van der Waals surface area contributed by atoms with E-state index in [4.69, 9.17) is 4.74 Å². The first kappa shape index (κ1) is 18.4. The molecule has 0 aromatic heterocycles. The van der Waals surface area contributed by atoms with Gasteiger partial charge in [-0.2, -0.15) is 13.2 Å². The maximum atomic E-state index is 12.9. The molecule has 2 unspecified atom stereocenters. The van der Waals surface area contributed by atoms with Crippen molar-refractivity contribution in [3.63, 3.8) is 0 Å². The Kier molecular flexibility index (Phi) is 6.36. The Bertz CT molecular complexity index is 632. The molecule has 0 aliphatic rings. The average Bonchev–Trinajstić information content (AvgIpc) is 2.59. The number of aliphatic hydroxyl groups is 1. The van der Waals surface area contributed by atoms with Crippen molar-refractivity contribution in [2.24, 2.45) is 0 Å². The first-order chi connectivity index (χ1) is 11.5. The highest BCUT2D eigenvalue weighted by Gasteiger charge is 2.31. The van der Waals surface area contributed by atoms with E-state index in [1.807, 2.05) is 30.3 Å². The number of halogens is 3. The lowest BCUT2D eigenvalue weighted by molar-refractivity contribution is -0.137. The van der Waals surface area contributed by atoms with Gasteiger partial charge >= 0.3 is 6.18 Å². The molecule has 24 heavy (non-hydrogen) atoms. The SMILES string of the molecule is COCC(NC(CO)c1ccccc1)c1cccc(C(F)(F)F)c1. The van der Waals surface area contributed by atoms with Gasteiger partial charge in [-0.15, -0.1) is 0 Å². The zero-order valence-electron chi connectivity index (χ0n) is 13.3. The monoisotopic (exact) mass is 339 g/mol. The summed E-state index contributed by atoms with van der Waals surface area (Å²) >= 11 is 0. The number of nitrogens with one attached hydrogen (secondary N) is 1. The summed E-state index contributed by atoms with van der Waals surface area (Å²) in [6.45, 7) is 0.00777. The maximum Gasteiger partial charge on any atom is 0.416 e. The van der Waals surface area contributed by atoms with E-state index in [2.05, 4.69) is 5.32 Å². The molecule has 2 rings (SSSR count). The second kappa shape index (κ2) is 8.28. The molecule has 0 heterocycles. The Labute approximate surface area is 139 Å². The van der Waals surface area contributed by atoms with Gasteiger partial charge in [-0.1, -0.05) is 42.5 Å². The number of rotatable bonds is 7. The first-order valence-corrected chi connectivity index (χ1v) is 7.53. The minimum atomic E-state index is -4.40. The summed E-state index contributed by atoms with van der Waals surface area (Å²) in [7, 11) is 1.48. The highest BCUT2D eigenvalue weighted by atomic mass is 19.4. The highest BCUT2D eigenvalue weighted by molar-refractivity contribution is 5.29. The van der Waals surface area contributed by atoms with Crippen LogP contribution in [-0.2, 0) is 10.9 Å². The fourth-order valence-corrected chi connectivity index (χ4v) is 2.52. The van der Waals surface area contributed by atoms with Crippen LogP contribution in [0, 0.1) is 0 Å². The highest BCUT2D eigenvalue weighted by Crippen LogP contribution is 2.31.